The van der Waals surface area contributed by atoms with Crippen LogP contribution in [-0.4, -0.2) is 21.0 Å². The fraction of sp³-hybridized carbons (Fsp3) is 0.333. The smallest absolute Gasteiger partial charge is 0.240 e. The van der Waals surface area contributed by atoms with Gasteiger partial charge in [0.15, 0.2) is 0 Å². The molecule has 0 bridgehead atoms. The molecule has 0 spiro atoms. The van der Waals surface area contributed by atoms with Crippen LogP contribution in [0.1, 0.15) is 23.6 Å². The minimum absolute atomic E-state index is 0.0185. The minimum Gasteiger partial charge on any atom is -0.381 e. The van der Waals surface area contributed by atoms with Crippen LogP contribution in [0.25, 0.3) is 0 Å². The van der Waals surface area contributed by atoms with Gasteiger partial charge in [0, 0.05) is 18.3 Å². The molecule has 0 heterocycles. The topological polar surface area (TPSA) is 58.2 Å². The van der Waals surface area contributed by atoms with Crippen LogP contribution in [0.4, 0.5) is 5.69 Å². The SMILES string of the molecule is Cc1ccc(S(=O)(=O)NCC(C)Nc2c(C)cccc2C)cc1. The van der Waals surface area contributed by atoms with Gasteiger partial charge in [0.05, 0.1) is 4.90 Å². The Morgan fingerprint density at radius 2 is 1.52 bits per heavy atom. The van der Waals surface area contributed by atoms with Crippen LogP contribution < -0.4 is 10.0 Å². The first kappa shape index (κ1) is 17.5. The molecule has 0 saturated carbocycles. The van der Waals surface area contributed by atoms with Crippen LogP contribution in [0, 0.1) is 20.8 Å². The molecular weight excluding hydrogens is 308 g/mol. The van der Waals surface area contributed by atoms with Crippen molar-refractivity contribution in [3.63, 3.8) is 0 Å². The van der Waals surface area contributed by atoms with Gasteiger partial charge in [-0.15, -0.1) is 0 Å². The van der Waals surface area contributed by atoms with Crippen LogP contribution >= 0.6 is 0 Å². The van der Waals surface area contributed by atoms with E-state index in [0.717, 1.165) is 22.4 Å². The third-order valence-electron chi connectivity index (χ3n) is 3.78. The molecule has 2 aromatic rings. The van der Waals surface area contributed by atoms with Crippen molar-refractivity contribution in [2.24, 2.45) is 0 Å². The highest BCUT2D eigenvalue weighted by molar-refractivity contribution is 7.89. The number of rotatable bonds is 6. The number of hydrogen-bond acceptors (Lipinski definition) is 3. The predicted molar refractivity (Wildman–Crippen MR) is 95.4 cm³/mol. The average molecular weight is 332 g/mol. The van der Waals surface area contributed by atoms with Gasteiger partial charge in [-0.3, -0.25) is 0 Å². The van der Waals surface area contributed by atoms with Crippen LogP contribution in [-0.2, 0) is 10.0 Å². The van der Waals surface area contributed by atoms with Gasteiger partial charge in [0.2, 0.25) is 10.0 Å². The van der Waals surface area contributed by atoms with Crippen LogP contribution in [0.2, 0.25) is 0 Å². The lowest BCUT2D eigenvalue weighted by atomic mass is 10.1. The number of anilines is 1. The first-order valence-corrected chi connectivity index (χ1v) is 9.17. The summed E-state index contributed by atoms with van der Waals surface area (Å²) in [7, 11) is -3.47. The van der Waals surface area contributed by atoms with Gasteiger partial charge in [0.1, 0.15) is 0 Å². The first-order chi connectivity index (χ1) is 10.8. The third-order valence-corrected chi connectivity index (χ3v) is 5.22. The van der Waals surface area contributed by atoms with Gasteiger partial charge in [-0.1, -0.05) is 35.9 Å². The highest BCUT2D eigenvalue weighted by Crippen LogP contribution is 2.20. The summed E-state index contributed by atoms with van der Waals surface area (Å²) in [4.78, 5) is 0.294. The monoisotopic (exact) mass is 332 g/mol. The highest BCUT2D eigenvalue weighted by Gasteiger charge is 2.15. The van der Waals surface area contributed by atoms with E-state index in [-0.39, 0.29) is 6.04 Å². The lowest BCUT2D eigenvalue weighted by Gasteiger charge is -2.19. The van der Waals surface area contributed by atoms with E-state index < -0.39 is 10.0 Å². The molecule has 2 N–H and O–H groups in total. The molecule has 23 heavy (non-hydrogen) atoms. The molecule has 0 radical (unpaired) electrons. The number of nitrogens with one attached hydrogen (secondary N) is 2. The van der Waals surface area contributed by atoms with E-state index in [1.54, 1.807) is 24.3 Å². The fourth-order valence-corrected chi connectivity index (χ4v) is 3.51. The van der Waals surface area contributed by atoms with Crippen molar-refractivity contribution in [3.05, 3.63) is 59.2 Å². The first-order valence-electron chi connectivity index (χ1n) is 7.68. The van der Waals surface area contributed by atoms with Gasteiger partial charge in [-0.25, -0.2) is 13.1 Å². The zero-order chi connectivity index (χ0) is 17.0. The van der Waals surface area contributed by atoms with E-state index >= 15 is 0 Å². The van der Waals surface area contributed by atoms with Crippen molar-refractivity contribution < 1.29 is 8.42 Å². The lowest BCUT2D eigenvalue weighted by Crippen LogP contribution is -2.35. The van der Waals surface area contributed by atoms with Crippen molar-refractivity contribution in [2.75, 3.05) is 11.9 Å². The summed E-state index contributed by atoms with van der Waals surface area (Å²) in [5.74, 6) is 0. The summed E-state index contributed by atoms with van der Waals surface area (Å²) >= 11 is 0. The molecule has 0 fully saturated rings. The molecule has 0 amide bonds. The van der Waals surface area contributed by atoms with Gasteiger partial charge >= 0.3 is 0 Å². The zero-order valence-electron chi connectivity index (χ0n) is 14.1. The highest BCUT2D eigenvalue weighted by atomic mass is 32.2. The maximum atomic E-state index is 12.3. The Bertz CT molecular complexity index is 748. The molecular formula is C18H24N2O2S. The zero-order valence-corrected chi connectivity index (χ0v) is 14.9. The van der Waals surface area contributed by atoms with Gasteiger partial charge in [-0.05, 0) is 51.0 Å². The summed E-state index contributed by atoms with van der Waals surface area (Å²) < 4.78 is 27.3. The van der Waals surface area contributed by atoms with Gasteiger partial charge in [-0.2, -0.15) is 0 Å². The Labute approximate surface area is 139 Å². The number of hydrogen-bond donors (Lipinski definition) is 2. The van der Waals surface area contributed by atoms with E-state index in [0.29, 0.717) is 11.4 Å². The Balaban J connectivity index is 2.01. The van der Waals surface area contributed by atoms with E-state index in [2.05, 4.69) is 10.0 Å². The minimum atomic E-state index is -3.47. The predicted octanol–water partition coefficient (Wildman–Crippen LogP) is 3.39. The Hall–Kier alpha value is -1.85. The Morgan fingerprint density at radius 3 is 2.09 bits per heavy atom. The molecule has 0 aromatic heterocycles. The summed E-state index contributed by atoms with van der Waals surface area (Å²) in [5, 5.41) is 3.38. The summed E-state index contributed by atoms with van der Waals surface area (Å²) in [5.41, 5.74) is 4.40. The summed E-state index contributed by atoms with van der Waals surface area (Å²) in [6, 6.07) is 12.9. The second kappa shape index (κ2) is 7.15. The normalized spacial score (nSPS) is 12.9. The number of para-hydroxylation sites is 1. The second-order valence-corrected chi connectivity index (χ2v) is 7.74. The van der Waals surface area contributed by atoms with E-state index in [4.69, 9.17) is 0 Å². The van der Waals surface area contributed by atoms with Crippen LogP contribution in [0.3, 0.4) is 0 Å². The molecule has 1 unspecified atom stereocenters. The number of benzene rings is 2. The maximum absolute atomic E-state index is 12.3. The van der Waals surface area contributed by atoms with Crippen molar-refractivity contribution in [2.45, 2.75) is 38.6 Å². The second-order valence-electron chi connectivity index (χ2n) is 5.98. The Kier molecular flexibility index (Phi) is 5.44. The van der Waals surface area contributed by atoms with Gasteiger partial charge < -0.3 is 5.32 Å². The average Bonchev–Trinajstić information content (AvgIpc) is 2.50. The summed E-state index contributed by atoms with van der Waals surface area (Å²) in [6.45, 7) is 8.30. The van der Waals surface area contributed by atoms with Crippen molar-refractivity contribution >= 4 is 15.7 Å². The van der Waals surface area contributed by atoms with E-state index in [1.807, 2.05) is 45.9 Å². The molecule has 2 aromatic carbocycles. The number of sulfonamides is 1. The van der Waals surface area contributed by atoms with E-state index in [9.17, 15) is 8.42 Å². The molecule has 0 aliphatic carbocycles. The molecule has 2 rings (SSSR count). The lowest BCUT2D eigenvalue weighted by molar-refractivity contribution is 0.577. The molecule has 5 heteroatoms. The number of aryl methyl sites for hydroxylation is 3. The molecule has 124 valence electrons. The fourth-order valence-electron chi connectivity index (χ4n) is 2.38. The van der Waals surface area contributed by atoms with Crippen molar-refractivity contribution in [3.8, 4) is 0 Å². The third kappa shape index (κ3) is 4.56. The molecule has 0 aliphatic rings. The molecule has 0 aliphatic heterocycles. The summed E-state index contributed by atoms with van der Waals surface area (Å²) in [6.07, 6.45) is 0. The standard InChI is InChI=1S/C18H24N2O2S/c1-13-8-10-17(11-9-13)23(21,22)19-12-16(4)20-18-14(2)6-5-7-15(18)3/h5-11,16,19-20H,12H2,1-4H3. The molecule has 1 atom stereocenters. The van der Waals surface area contributed by atoms with Crippen LogP contribution in [0.15, 0.2) is 47.4 Å². The molecule has 0 saturated heterocycles. The maximum Gasteiger partial charge on any atom is 0.240 e. The Morgan fingerprint density at radius 1 is 0.957 bits per heavy atom. The van der Waals surface area contributed by atoms with E-state index in [1.165, 1.54) is 0 Å². The van der Waals surface area contributed by atoms with Crippen molar-refractivity contribution in [1.82, 2.24) is 4.72 Å². The largest absolute Gasteiger partial charge is 0.381 e. The van der Waals surface area contributed by atoms with Crippen LogP contribution in [0.5, 0.6) is 0 Å². The quantitative estimate of drug-likeness (QED) is 0.852. The van der Waals surface area contributed by atoms with Crippen molar-refractivity contribution in [1.29, 1.82) is 0 Å². The van der Waals surface area contributed by atoms with Gasteiger partial charge in [0.25, 0.3) is 0 Å². The molecule has 4 nitrogen and oxygen atoms in total.